The number of benzene rings is 1. The summed E-state index contributed by atoms with van der Waals surface area (Å²) in [6.07, 6.45) is 3.31. The maximum Gasteiger partial charge on any atom is 0.106 e. The molecule has 1 aromatic carbocycles. The van der Waals surface area contributed by atoms with Gasteiger partial charge in [-0.25, -0.2) is 0 Å². The molecular formula is C17H14N2O. The fourth-order valence-corrected chi connectivity index (χ4v) is 1.42. The van der Waals surface area contributed by atoms with Crippen LogP contribution in [-0.4, -0.2) is 17.5 Å². The van der Waals surface area contributed by atoms with Crippen molar-refractivity contribution in [3.63, 3.8) is 0 Å². The second kappa shape index (κ2) is 8.17. The van der Waals surface area contributed by atoms with E-state index < -0.39 is 0 Å². The normalized spacial score (nSPS) is 8.40. The molecule has 2 aromatic rings. The Morgan fingerprint density at radius 3 is 2.40 bits per heavy atom. The summed E-state index contributed by atoms with van der Waals surface area (Å²) in [6, 6.07) is 13.3. The highest BCUT2D eigenvalue weighted by Crippen LogP contribution is 2.04. The Hall–Kier alpha value is -2.99. The number of rotatable bonds is 2. The van der Waals surface area contributed by atoms with Gasteiger partial charge < -0.3 is 4.79 Å². The Bertz CT molecular complexity index is 637. The number of aromatic nitrogens is 1. The third kappa shape index (κ3) is 4.35. The number of carbonyl (C=O) groups excluding carboxylic acids is 1. The number of hydrogen-bond donors (Lipinski definition) is 1. The Morgan fingerprint density at radius 1 is 1.10 bits per heavy atom. The molecule has 0 unspecified atom stereocenters. The average molecular weight is 262 g/mol. The molecule has 0 fully saturated rings. The third-order valence-corrected chi connectivity index (χ3v) is 2.38. The van der Waals surface area contributed by atoms with Crippen molar-refractivity contribution in [1.29, 1.82) is 5.41 Å². The zero-order valence-corrected chi connectivity index (χ0v) is 11.0. The summed E-state index contributed by atoms with van der Waals surface area (Å²) in [5.74, 6) is 5.88. The standard InChI is InChI=1S/C16H12N2.CH2O/c1-13(9-10-14-6-3-2-4-7-14)16(17)15-8-5-11-18-12-15;1-2/h2-8,11-12,17H,1H2;1H2. The average Bonchev–Trinajstić information content (AvgIpc) is 2.55. The van der Waals surface area contributed by atoms with Crippen LogP contribution in [0.15, 0.2) is 67.0 Å². The number of allylic oxidation sites excluding steroid dienone is 1. The number of carbonyl (C=O) groups is 1. The molecule has 1 N–H and O–H groups in total. The molecule has 0 saturated heterocycles. The van der Waals surface area contributed by atoms with Gasteiger partial charge in [-0.3, -0.25) is 10.4 Å². The highest BCUT2D eigenvalue weighted by Gasteiger charge is 2.02. The number of hydrogen-bond acceptors (Lipinski definition) is 3. The summed E-state index contributed by atoms with van der Waals surface area (Å²) in [5, 5.41) is 7.96. The van der Waals surface area contributed by atoms with Crippen LogP contribution < -0.4 is 0 Å². The number of pyridine rings is 1. The molecule has 0 radical (unpaired) electrons. The first-order valence-electron chi connectivity index (χ1n) is 5.81. The van der Waals surface area contributed by atoms with Crippen LogP contribution in [0, 0.1) is 17.3 Å². The first-order valence-corrected chi connectivity index (χ1v) is 5.81. The van der Waals surface area contributed by atoms with Crippen molar-refractivity contribution in [3.05, 3.63) is 78.1 Å². The summed E-state index contributed by atoms with van der Waals surface area (Å²) < 4.78 is 0. The largest absolute Gasteiger partial charge is 0.307 e. The van der Waals surface area contributed by atoms with Crippen molar-refractivity contribution in [2.45, 2.75) is 0 Å². The second-order valence-corrected chi connectivity index (χ2v) is 3.71. The lowest BCUT2D eigenvalue weighted by atomic mass is 10.1. The molecule has 20 heavy (non-hydrogen) atoms. The second-order valence-electron chi connectivity index (χ2n) is 3.71. The zero-order valence-electron chi connectivity index (χ0n) is 11.0. The van der Waals surface area contributed by atoms with E-state index in [9.17, 15) is 0 Å². The van der Waals surface area contributed by atoms with Crippen molar-refractivity contribution in [2.24, 2.45) is 0 Å². The first-order chi connectivity index (χ1) is 9.77. The minimum atomic E-state index is 0.312. The molecule has 1 aromatic heterocycles. The molecule has 0 aliphatic heterocycles. The molecule has 0 spiro atoms. The van der Waals surface area contributed by atoms with Crippen molar-refractivity contribution >= 4 is 12.5 Å². The van der Waals surface area contributed by atoms with E-state index in [4.69, 9.17) is 10.2 Å². The molecule has 98 valence electrons. The van der Waals surface area contributed by atoms with Crippen molar-refractivity contribution < 1.29 is 4.79 Å². The van der Waals surface area contributed by atoms with E-state index in [0.29, 0.717) is 11.3 Å². The van der Waals surface area contributed by atoms with Gasteiger partial charge in [-0.05, 0) is 24.3 Å². The number of nitrogens with zero attached hydrogens (tertiary/aromatic N) is 1. The summed E-state index contributed by atoms with van der Waals surface area (Å²) in [7, 11) is 0. The van der Waals surface area contributed by atoms with Gasteiger partial charge in [0.2, 0.25) is 0 Å². The molecule has 3 heteroatoms. The molecule has 3 nitrogen and oxygen atoms in total. The van der Waals surface area contributed by atoms with Crippen LogP contribution in [0.5, 0.6) is 0 Å². The minimum absolute atomic E-state index is 0.312. The van der Waals surface area contributed by atoms with Crippen LogP contribution in [0.4, 0.5) is 0 Å². The van der Waals surface area contributed by atoms with E-state index in [0.717, 1.165) is 11.1 Å². The zero-order chi connectivity index (χ0) is 14.8. The van der Waals surface area contributed by atoms with Gasteiger partial charge in [-0.15, -0.1) is 0 Å². The summed E-state index contributed by atoms with van der Waals surface area (Å²) in [4.78, 5) is 12.0. The predicted octanol–water partition coefficient (Wildman–Crippen LogP) is 2.87. The van der Waals surface area contributed by atoms with Gasteiger partial charge >= 0.3 is 0 Å². The lowest BCUT2D eigenvalue weighted by Crippen LogP contribution is -2.01. The minimum Gasteiger partial charge on any atom is -0.307 e. The van der Waals surface area contributed by atoms with E-state index in [1.165, 1.54) is 0 Å². The van der Waals surface area contributed by atoms with E-state index in [2.05, 4.69) is 23.4 Å². The van der Waals surface area contributed by atoms with Crippen LogP contribution in [0.25, 0.3) is 0 Å². The van der Waals surface area contributed by atoms with Crippen LogP contribution in [0.1, 0.15) is 11.1 Å². The predicted molar refractivity (Wildman–Crippen MR) is 80.6 cm³/mol. The van der Waals surface area contributed by atoms with Crippen LogP contribution >= 0.6 is 0 Å². The van der Waals surface area contributed by atoms with Gasteiger partial charge in [0, 0.05) is 29.1 Å². The summed E-state index contributed by atoms with van der Waals surface area (Å²) in [5.41, 5.74) is 2.45. The monoisotopic (exact) mass is 262 g/mol. The molecule has 0 amide bonds. The Labute approximate surface area is 118 Å². The molecule has 0 aliphatic carbocycles. The van der Waals surface area contributed by atoms with Gasteiger partial charge in [0.25, 0.3) is 0 Å². The molecule has 2 rings (SSSR count). The third-order valence-electron chi connectivity index (χ3n) is 2.38. The molecule has 1 heterocycles. The van der Waals surface area contributed by atoms with Gasteiger partial charge in [0.05, 0.1) is 5.71 Å². The summed E-state index contributed by atoms with van der Waals surface area (Å²) in [6.45, 7) is 5.82. The maximum absolute atomic E-state index is 8.00. The fourth-order valence-electron chi connectivity index (χ4n) is 1.42. The highest BCUT2D eigenvalue weighted by atomic mass is 16.1. The van der Waals surface area contributed by atoms with Crippen molar-refractivity contribution in [2.75, 3.05) is 0 Å². The van der Waals surface area contributed by atoms with Crippen LogP contribution in [-0.2, 0) is 4.79 Å². The van der Waals surface area contributed by atoms with Gasteiger partial charge in [-0.1, -0.05) is 36.6 Å². The first kappa shape index (κ1) is 15.1. The van der Waals surface area contributed by atoms with Gasteiger partial charge in [0.15, 0.2) is 0 Å². The Balaban J connectivity index is 0.000000956. The fraction of sp³-hybridized carbons (Fsp3) is 0. The smallest absolute Gasteiger partial charge is 0.106 e. The molecule has 0 saturated carbocycles. The molecule has 0 aliphatic rings. The lowest BCUT2D eigenvalue weighted by molar-refractivity contribution is -0.0979. The summed E-state index contributed by atoms with van der Waals surface area (Å²) >= 11 is 0. The van der Waals surface area contributed by atoms with E-state index in [-0.39, 0.29) is 0 Å². The molecule has 0 atom stereocenters. The quantitative estimate of drug-likeness (QED) is 0.668. The molecule has 0 bridgehead atoms. The SMILES string of the molecule is C=C(C#Cc1ccccc1)C(=N)c1cccnc1.C=O. The van der Waals surface area contributed by atoms with Crippen LogP contribution in [0.2, 0.25) is 0 Å². The van der Waals surface area contributed by atoms with Gasteiger partial charge in [-0.2, -0.15) is 0 Å². The van der Waals surface area contributed by atoms with E-state index in [1.807, 2.05) is 43.2 Å². The molecular weight excluding hydrogens is 248 g/mol. The number of nitrogens with one attached hydrogen (secondary N) is 1. The Morgan fingerprint density at radius 2 is 1.80 bits per heavy atom. The van der Waals surface area contributed by atoms with Crippen molar-refractivity contribution in [3.8, 4) is 11.8 Å². The Kier molecular flexibility index (Phi) is 6.16. The van der Waals surface area contributed by atoms with E-state index in [1.54, 1.807) is 18.5 Å². The highest BCUT2D eigenvalue weighted by molar-refractivity contribution is 6.12. The van der Waals surface area contributed by atoms with Crippen LogP contribution in [0.3, 0.4) is 0 Å². The van der Waals surface area contributed by atoms with Crippen molar-refractivity contribution in [1.82, 2.24) is 4.98 Å². The van der Waals surface area contributed by atoms with Gasteiger partial charge in [0.1, 0.15) is 6.79 Å². The lowest BCUT2D eigenvalue weighted by Gasteiger charge is -2.00. The topological polar surface area (TPSA) is 53.8 Å². The maximum atomic E-state index is 8.00. The van der Waals surface area contributed by atoms with E-state index >= 15 is 0 Å².